The van der Waals surface area contributed by atoms with E-state index in [9.17, 15) is 9.59 Å². The third-order valence-electron chi connectivity index (χ3n) is 6.07. The van der Waals surface area contributed by atoms with E-state index in [-0.39, 0.29) is 11.8 Å². The predicted octanol–water partition coefficient (Wildman–Crippen LogP) is 4.17. The molecule has 214 valence electrons. The lowest BCUT2D eigenvalue weighted by Gasteiger charge is -2.36. The lowest BCUT2D eigenvalue weighted by atomic mass is 10.2. The number of aromatic nitrogens is 2. The van der Waals surface area contributed by atoms with Crippen molar-refractivity contribution in [1.82, 2.24) is 14.9 Å². The van der Waals surface area contributed by atoms with Crippen molar-refractivity contribution in [2.75, 3.05) is 61.5 Å². The lowest BCUT2D eigenvalue weighted by Crippen LogP contribution is -2.50. The number of nitrogens with zero attached hydrogens (tertiary/aromatic N) is 4. The van der Waals surface area contributed by atoms with Crippen molar-refractivity contribution in [3.05, 3.63) is 35.7 Å². The molecule has 1 aliphatic rings. The van der Waals surface area contributed by atoms with Gasteiger partial charge in [-0.15, -0.1) is 0 Å². The number of aryl methyl sites for hydroxylation is 1. The molecule has 3 rings (SSSR count). The minimum absolute atomic E-state index is 0.103. The zero-order valence-electron chi connectivity index (χ0n) is 23.9. The highest BCUT2D eigenvalue weighted by Crippen LogP contribution is 2.25. The van der Waals surface area contributed by atoms with Gasteiger partial charge in [-0.25, -0.2) is 14.8 Å². The molecule has 0 bridgehead atoms. The number of carbonyl (C=O) groups is 2. The lowest BCUT2D eigenvalue weighted by molar-refractivity contribution is 0.0240. The van der Waals surface area contributed by atoms with Crippen LogP contribution < -0.4 is 21.3 Å². The molecule has 11 heteroatoms. The number of nitrogens with one attached hydrogen (secondary N) is 2. The Bertz CT molecular complexity index is 1090. The number of primary amides is 1. The van der Waals surface area contributed by atoms with Crippen LogP contribution in [0.2, 0.25) is 0 Å². The van der Waals surface area contributed by atoms with Crippen LogP contribution in [0.15, 0.2) is 24.3 Å². The molecule has 0 atom stereocenters. The van der Waals surface area contributed by atoms with Gasteiger partial charge in [-0.2, -0.15) is 0 Å². The van der Waals surface area contributed by atoms with E-state index < -0.39 is 11.5 Å². The summed E-state index contributed by atoms with van der Waals surface area (Å²) in [6.45, 7) is 14.4. The van der Waals surface area contributed by atoms with Crippen LogP contribution in [0, 0.1) is 0 Å². The summed E-state index contributed by atoms with van der Waals surface area (Å²) in [5, 5.41) is 6.53. The van der Waals surface area contributed by atoms with E-state index in [4.69, 9.17) is 15.2 Å². The van der Waals surface area contributed by atoms with E-state index in [0.29, 0.717) is 63.1 Å². The Morgan fingerprint density at radius 1 is 1.00 bits per heavy atom. The van der Waals surface area contributed by atoms with Crippen LogP contribution in [0.3, 0.4) is 0 Å². The van der Waals surface area contributed by atoms with Crippen molar-refractivity contribution in [2.45, 2.75) is 59.5 Å². The second-order valence-electron chi connectivity index (χ2n) is 10.5. The molecule has 1 aromatic carbocycles. The standard InChI is InChI=1S/C28H43N7O4/c1-6-18-38-19-8-13-30-25-22(7-2)32-23(24(29)36)26(33-25)31-20-9-11-21(12-10-20)34-14-16-35(17-15-34)27(37)39-28(3,4)5/h9-12H,6-8,13-19H2,1-5H3,(H2,29,36)(H2,30,31,33). The van der Waals surface area contributed by atoms with Crippen LogP contribution in [-0.4, -0.2) is 78.4 Å². The van der Waals surface area contributed by atoms with Crippen molar-refractivity contribution in [3.63, 3.8) is 0 Å². The van der Waals surface area contributed by atoms with Crippen molar-refractivity contribution in [1.29, 1.82) is 0 Å². The third-order valence-corrected chi connectivity index (χ3v) is 6.07. The Hall–Kier alpha value is -3.60. The summed E-state index contributed by atoms with van der Waals surface area (Å²) in [4.78, 5) is 37.7. The predicted molar refractivity (Wildman–Crippen MR) is 154 cm³/mol. The number of rotatable bonds is 12. The maximum Gasteiger partial charge on any atom is 0.410 e. The molecule has 1 aliphatic heterocycles. The first-order valence-electron chi connectivity index (χ1n) is 13.7. The molecule has 0 radical (unpaired) electrons. The molecule has 0 unspecified atom stereocenters. The fraction of sp³-hybridized carbons (Fsp3) is 0.571. The molecule has 0 spiro atoms. The van der Waals surface area contributed by atoms with Crippen LogP contribution in [0.4, 0.5) is 27.8 Å². The maximum atomic E-state index is 12.3. The van der Waals surface area contributed by atoms with Gasteiger partial charge in [-0.1, -0.05) is 13.8 Å². The summed E-state index contributed by atoms with van der Waals surface area (Å²) in [6.07, 6.45) is 2.16. The van der Waals surface area contributed by atoms with Crippen molar-refractivity contribution >= 4 is 35.0 Å². The summed E-state index contributed by atoms with van der Waals surface area (Å²) >= 11 is 0. The van der Waals surface area contributed by atoms with Gasteiger partial charge in [-0.3, -0.25) is 4.79 Å². The molecule has 39 heavy (non-hydrogen) atoms. The zero-order chi connectivity index (χ0) is 28.4. The number of hydrogen-bond donors (Lipinski definition) is 3. The fourth-order valence-electron chi connectivity index (χ4n) is 4.11. The molecule has 0 aliphatic carbocycles. The number of nitrogens with two attached hydrogens (primary N) is 1. The molecule has 2 heterocycles. The van der Waals surface area contributed by atoms with Gasteiger partial charge >= 0.3 is 6.09 Å². The van der Waals surface area contributed by atoms with E-state index in [0.717, 1.165) is 30.8 Å². The highest BCUT2D eigenvalue weighted by molar-refractivity contribution is 5.96. The minimum atomic E-state index is -0.640. The van der Waals surface area contributed by atoms with E-state index >= 15 is 0 Å². The average Bonchev–Trinajstić information content (AvgIpc) is 2.90. The molecule has 1 aromatic heterocycles. The molecule has 2 aromatic rings. The number of piperazine rings is 1. The van der Waals surface area contributed by atoms with Gasteiger partial charge in [0, 0.05) is 57.3 Å². The number of anilines is 4. The van der Waals surface area contributed by atoms with Crippen LogP contribution in [0.5, 0.6) is 0 Å². The molecule has 1 saturated heterocycles. The van der Waals surface area contributed by atoms with Gasteiger partial charge in [0.2, 0.25) is 0 Å². The summed E-state index contributed by atoms with van der Waals surface area (Å²) in [7, 11) is 0. The number of ether oxygens (including phenoxy) is 2. The largest absolute Gasteiger partial charge is 0.444 e. The Morgan fingerprint density at radius 3 is 2.28 bits per heavy atom. The molecule has 2 amide bonds. The van der Waals surface area contributed by atoms with Gasteiger partial charge < -0.3 is 35.6 Å². The van der Waals surface area contributed by atoms with E-state index in [2.05, 4.69) is 32.4 Å². The molecular weight excluding hydrogens is 498 g/mol. The Morgan fingerprint density at radius 2 is 1.69 bits per heavy atom. The van der Waals surface area contributed by atoms with E-state index in [1.807, 2.05) is 52.0 Å². The van der Waals surface area contributed by atoms with E-state index in [1.54, 1.807) is 4.90 Å². The first-order valence-corrected chi connectivity index (χ1v) is 13.7. The molecule has 1 fully saturated rings. The van der Waals surface area contributed by atoms with E-state index in [1.165, 1.54) is 0 Å². The van der Waals surface area contributed by atoms with Crippen LogP contribution in [0.25, 0.3) is 0 Å². The van der Waals surface area contributed by atoms with Gasteiger partial charge in [0.05, 0.1) is 5.69 Å². The Labute approximate surface area is 231 Å². The average molecular weight is 542 g/mol. The maximum absolute atomic E-state index is 12.3. The monoisotopic (exact) mass is 541 g/mol. The van der Waals surface area contributed by atoms with Gasteiger partial charge in [0.15, 0.2) is 11.5 Å². The SMILES string of the molecule is CCCOCCCNc1nc(Nc2ccc(N3CCN(C(=O)OC(C)(C)C)CC3)cc2)c(C(N)=O)nc1CC. The second kappa shape index (κ2) is 14.0. The zero-order valence-corrected chi connectivity index (χ0v) is 23.9. The summed E-state index contributed by atoms with van der Waals surface area (Å²) < 4.78 is 11.0. The molecule has 4 N–H and O–H groups in total. The topological polar surface area (TPSA) is 135 Å². The van der Waals surface area contributed by atoms with Gasteiger partial charge in [0.1, 0.15) is 11.4 Å². The van der Waals surface area contributed by atoms with Crippen LogP contribution in [0.1, 0.15) is 63.6 Å². The summed E-state index contributed by atoms with van der Waals surface area (Å²) in [5.74, 6) is 0.293. The number of benzene rings is 1. The quantitative estimate of drug-likeness (QED) is 0.338. The highest BCUT2D eigenvalue weighted by Gasteiger charge is 2.26. The molecular formula is C28H43N7O4. The third kappa shape index (κ3) is 8.98. The highest BCUT2D eigenvalue weighted by atomic mass is 16.6. The Balaban J connectivity index is 1.64. The fourth-order valence-corrected chi connectivity index (χ4v) is 4.11. The first-order chi connectivity index (χ1) is 18.6. The van der Waals surface area contributed by atoms with Gasteiger partial charge in [-0.05, 0) is 64.3 Å². The normalized spacial score (nSPS) is 13.8. The van der Waals surface area contributed by atoms with Crippen molar-refractivity contribution in [3.8, 4) is 0 Å². The molecule has 11 nitrogen and oxygen atoms in total. The smallest absolute Gasteiger partial charge is 0.410 e. The second-order valence-corrected chi connectivity index (χ2v) is 10.5. The Kier molecular flexibility index (Phi) is 10.7. The minimum Gasteiger partial charge on any atom is -0.444 e. The van der Waals surface area contributed by atoms with Crippen LogP contribution in [-0.2, 0) is 15.9 Å². The number of amides is 2. The van der Waals surface area contributed by atoms with Crippen molar-refractivity contribution < 1.29 is 19.1 Å². The molecule has 0 saturated carbocycles. The summed E-state index contributed by atoms with van der Waals surface area (Å²) in [5.41, 5.74) is 7.71. The summed E-state index contributed by atoms with van der Waals surface area (Å²) in [6, 6.07) is 7.85. The number of carbonyl (C=O) groups excluding carboxylic acids is 2. The van der Waals surface area contributed by atoms with Crippen LogP contribution >= 0.6 is 0 Å². The first kappa shape index (κ1) is 29.9. The number of hydrogen-bond acceptors (Lipinski definition) is 9. The van der Waals surface area contributed by atoms with Gasteiger partial charge in [0.25, 0.3) is 5.91 Å². The van der Waals surface area contributed by atoms with Crippen molar-refractivity contribution in [2.24, 2.45) is 5.73 Å².